The number of ether oxygens (including phenoxy) is 1. The molecule has 1 fully saturated rings. The van der Waals surface area contributed by atoms with Crippen molar-refractivity contribution < 1.29 is 14.6 Å². The standard InChI is InChI=1S/C16H21NO3/c1-11-8-17(9-15(10-18)20-11)16(19)14-6-5-12-3-2-4-13(12)7-14/h5-7,11,15,18H,2-4,8-10H2,1H3. The van der Waals surface area contributed by atoms with E-state index in [9.17, 15) is 9.90 Å². The minimum atomic E-state index is -0.267. The molecule has 2 aliphatic rings. The number of rotatable bonds is 2. The highest BCUT2D eigenvalue weighted by Crippen LogP contribution is 2.24. The van der Waals surface area contributed by atoms with Crippen LogP contribution in [0.25, 0.3) is 0 Å². The molecule has 2 atom stereocenters. The Hall–Kier alpha value is -1.39. The predicted molar refractivity (Wildman–Crippen MR) is 75.8 cm³/mol. The number of aliphatic hydroxyl groups is 1. The molecule has 0 spiro atoms. The van der Waals surface area contributed by atoms with E-state index in [1.807, 2.05) is 19.1 Å². The lowest BCUT2D eigenvalue weighted by Crippen LogP contribution is -2.50. The van der Waals surface area contributed by atoms with Crippen LogP contribution in [0.1, 0.15) is 34.8 Å². The van der Waals surface area contributed by atoms with Crippen molar-refractivity contribution in [2.75, 3.05) is 19.7 Å². The average molecular weight is 275 g/mol. The number of hydrogen-bond acceptors (Lipinski definition) is 3. The zero-order valence-corrected chi connectivity index (χ0v) is 11.8. The van der Waals surface area contributed by atoms with Crippen molar-refractivity contribution in [3.63, 3.8) is 0 Å². The second-order valence-corrected chi connectivity index (χ2v) is 5.80. The molecule has 0 radical (unpaired) electrons. The second-order valence-electron chi connectivity index (χ2n) is 5.80. The van der Waals surface area contributed by atoms with Gasteiger partial charge in [0.05, 0.1) is 18.8 Å². The Morgan fingerprint density at radius 2 is 2.15 bits per heavy atom. The summed E-state index contributed by atoms with van der Waals surface area (Å²) in [5.74, 6) is 0.0494. The maximum absolute atomic E-state index is 12.6. The Balaban J connectivity index is 1.78. The van der Waals surface area contributed by atoms with Gasteiger partial charge in [-0.3, -0.25) is 4.79 Å². The van der Waals surface area contributed by atoms with E-state index in [0.29, 0.717) is 13.1 Å². The summed E-state index contributed by atoms with van der Waals surface area (Å²) in [7, 11) is 0. The molecule has 1 aromatic rings. The molecule has 2 unspecified atom stereocenters. The number of aryl methyl sites for hydroxylation is 2. The molecule has 3 rings (SSSR count). The van der Waals surface area contributed by atoms with Crippen molar-refractivity contribution in [2.24, 2.45) is 0 Å². The van der Waals surface area contributed by atoms with Gasteiger partial charge < -0.3 is 14.7 Å². The highest BCUT2D eigenvalue weighted by molar-refractivity contribution is 5.94. The summed E-state index contributed by atoms with van der Waals surface area (Å²) in [6, 6.07) is 6.06. The molecule has 4 heteroatoms. The topological polar surface area (TPSA) is 49.8 Å². The van der Waals surface area contributed by atoms with Gasteiger partial charge in [-0.1, -0.05) is 6.07 Å². The van der Waals surface area contributed by atoms with E-state index in [2.05, 4.69) is 6.07 Å². The summed E-state index contributed by atoms with van der Waals surface area (Å²) in [4.78, 5) is 14.4. The first kappa shape index (κ1) is 13.6. The lowest BCUT2D eigenvalue weighted by molar-refractivity contribution is -0.0858. The van der Waals surface area contributed by atoms with E-state index in [1.165, 1.54) is 17.5 Å². The summed E-state index contributed by atoms with van der Waals surface area (Å²) >= 11 is 0. The number of nitrogens with zero attached hydrogens (tertiary/aromatic N) is 1. The van der Waals surface area contributed by atoms with Crippen molar-refractivity contribution in [1.82, 2.24) is 4.90 Å². The summed E-state index contributed by atoms with van der Waals surface area (Å²) in [6.45, 7) is 2.95. The van der Waals surface area contributed by atoms with E-state index in [4.69, 9.17) is 4.74 Å². The van der Waals surface area contributed by atoms with Crippen molar-refractivity contribution in [2.45, 2.75) is 38.4 Å². The van der Waals surface area contributed by atoms with Crippen LogP contribution >= 0.6 is 0 Å². The molecule has 4 nitrogen and oxygen atoms in total. The van der Waals surface area contributed by atoms with Crippen LogP contribution in [0.4, 0.5) is 0 Å². The maximum Gasteiger partial charge on any atom is 0.254 e. The molecule has 1 heterocycles. The molecule has 0 bridgehead atoms. The first-order chi connectivity index (χ1) is 9.67. The van der Waals surface area contributed by atoms with Crippen molar-refractivity contribution in [1.29, 1.82) is 0 Å². The Bertz CT molecular complexity index is 514. The maximum atomic E-state index is 12.6. The molecular weight excluding hydrogens is 254 g/mol. The van der Waals surface area contributed by atoms with Crippen LogP contribution < -0.4 is 0 Å². The minimum absolute atomic E-state index is 0.0284. The first-order valence-corrected chi connectivity index (χ1v) is 7.35. The summed E-state index contributed by atoms with van der Waals surface area (Å²) in [5, 5.41) is 9.24. The SMILES string of the molecule is CC1CN(C(=O)c2ccc3c(c2)CCC3)CC(CO)O1. The second kappa shape index (κ2) is 5.54. The quantitative estimate of drug-likeness (QED) is 0.887. The molecular formula is C16H21NO3. The number of fused-ring (bicyclic) bond motifs is 1. The van der Waals surface area contributed by atoms with Gasteiger partial charge in [-0.25, -0.2) is 0 Å². The Morgan fingerprint density at radius 3 is 2.95 bits per heavy atom. The molecule has 1 aliphatic heterocycles. The van der Waals surface area contributed by atoms with Gasteiger partial charge in [-0.05, 0) is 49.4 Å². The predicted octanol–water partition coefficient (Wildman–Crippen LogP) is 1.40. The third-order valence-electron chi connectivity index (χ3n) is 4.16. The molecule has 1 saturated heterocycles. The largest absolute Gasteiger partial charge is 0.394 e. The molecule has 1 aromatic carbocycles. The minimum Gasteiger partial charge on any atom is -0.394 e. The normalized spacial score (nSPS) is 25.6. The number of hydrogen-bond donors (Lipinski definition) is 1. The summed E-state index contributed by atoms with van der Waals surface area (Å²) in [6.07, 6.45) is 3.10. The van der Waals surface area contributed by atoms with Crippen LogP contribution in [0.2, 0.25) is 0 Å². The van der Waals surface area contributed by atoms with E-state index >= 15 is 0 Å². The molecule has 108 valence electrons. The molecule has 1 N–H and O–H groups in total. The highest BCUT2D eigenvalue weighted by atomic mass is 16.5. The Labute approximate surface area is 119 Å². The number of amides is 1. The molecule has 0 aromatic heterocycles. The van der Waals surface area contributed by atoms with Crippen LogP contribution in [-0.4, -0.2) is 47.8 Å². The smallest absolute Gasteiger partial charge is 0.254 e. The zero-order valence-electron chi connectivity index (χ0n) is 11.8. The fourth-order valence-corrected chi connectivity index (χ4v) is 3.20. The van der Waals surface area contributed by atoms with Crippen LogP contribution in [0.15, 0.2) is 18.2 Å². The molecule has 20 heavy (non-hydrogen) atoms. The van der Waals surface area contributed by atoms with Crippen molar-refractivity contribution in [3.05, 3.63) is 34.9 Å². The summed E-state index contributed by atoms with van der Waals surface area (Å²) in [5.41, 5.74) is 3.46. The van der Waals surface area contributed by atoms with E-state index < -0.39 is 0 Å². The highest BCUT2D eigenvalue weighted by Gasteiger charge is 2.28. The lowest BCUT2D eigenvalue weighted by Gasteiger charge is -2.36. The van der Waals surface area contributed by atoms with Crippen LogP contribution in [0, 0.1) is 0 Å². The van der Waals surface area contributed by atoms with Gasteiger partial charge in [0.1, 0.15) is 0 Å². The molecule has 1 aliphatic carbocycles. The fourth-order valence-electron chi connectivity index (χ4n) is 3.20. The average Bonchev–Trinajstić information content (AvgIpc) is 2.93. The Morgan fingerprint density at radius 1 is 1.35 bits per heavy atom. The third kappa shape index (κ3) is 2.58. The van der Waals surface area contributed by atoms with E-state index in [1.54, 1.807) is 4.90 Å². The van der Waals surface area contributed by atoms with Crippen molar-refractivity contribution in [3.8, 4) is 0 Å². The van der Waals surface area contributed by atoms with Gasteiger partial charge in [-0.15, -0.1) is 0 Å². The zero-order chi connectivity index (χ0) is 14.1. The number of carbonyl (C=O) groups excluding carboxylic acids is 1. The van der Waals surface area contributed by atoms with E-state index in [0.717, 1.165) is 18.4 Å². The van der Waals surface area contributed by atoms with Gasteiger partial charge >= 0.3 is 0 Å². The Kier molecular flexibility index (Phi) is 3.76. The van der Waals surface area contributed by atoms with Gasteiger partial charge in [0, 0.05) is 18.7 Å². The van der Waals surface area contributed by atoms with Gasteiger partial charge in [0.15, 0.2) is 0 Å². The third-order valence-corrected chi connectivity index (χ3v) is 4.16. The molecule has 1 amide bonds. The number of benzene rings is 1. The number of aliphatic hydroxyl groups excluding tert-OH is 1. The first-order valence-electron chi connectivity index (χ1n) is 7.35. The molecule has 0 saturated carbocycles. The van der Waals surface area contributed by atoms with Gasteiger partial charge in [0.25, 0.3) is 5.91 Å². The number of carbonyl (C=O) groups is 1. The van der Waals surface area contributed by atoms with Crippen LogP contribution in [-0.2, 0) is 17.6 Å². The lowest BCUT2D eigenvalue weighted by atomic mass is 10.0. The van der Waals surface area contributed by atoms with Gasteiger partial charge in [0.2, 0.25) is 0 Å². The van der Waals surface area contributed by atoms with Gasteiger partial charge in [-0.2, -0.15) is 0 Å². The summed E-state index contributed by atoms with van der Waals surface area (Å²) < 4.78 is 5.58. The number of morpholine rings is 1. The van der Waals surface area contributed by atoms with E-state index in [-0.39, 0.29) is 24.7 Å². The monoisotopic (exact) mass is 275 g/mol. The van der Waals surface area contributed by atoms with Crippen LogP contribution in [0.5, 0.6) is 0 Å². The van der Waals surface area contributed by atoms with Crippen molar-refractivity contribution >= 4 is 5.91 Å². The van der Waals surface area contributed by atoms with Crippen LogP contribution in [0.3, 0.4) is 0 Å². The fraction of sp³-hybridized carbons (Fsp3) is 0.562.